The topological polar surface area (TPSA) is 26.3 Å². The first-order valence-electron chi connectivity index (χ1n) is 6.20. The van der Waals surface area contributed by atoms with Gasteiger partial charge in [-0.15, -0.1) is 0 Å². The van der Waals surface area contributed by atoms with Crippen molar-refractivity contribution in [3.63, 3.8) is 0 Å². The van der Waals surface area contributed by atoms with Gasteiger partial charge in [-0.2, -0.15) is 0 Å². The van der Waals surface area contributed by atoms with Crippen LogP contribution in [0.4, 0.5) is 4.39 Å². The number of hydrogen-bond acceptors (Lipinski definition) is 2. The van der Waals surface area contributed by atoms with Crippen LogP contribution >= 0.6 is 11.6 Å². The number of ketones is 1. The van der Waals surface area contributed by atoms with Crippen molar-refractivity contribution in [2.45, 2.75) is 20.0 Å². The first-order valence-corrected chi connectivity index (χ1v) is 6.58. The van der Waals surface area contributed by atoms with Gasteiger partial charge in [-0.3, -0.25) is 4.79 Å². The first-order chi connectivity index (χ1) is 9.47. The molecule has 1 atom stereocenters. The number of benzene rings is 2. The normalized spacial score (nSPS) is 12.0. The lowest BCUT2D eigenvalue weighted by Gasteiger charge is -2.14. The smallest absolute Gasteiger partial charge is 0.203 e. The first kappa shape index (κ1) is 14.5. The molecule has 0 N–H and O–H groups in total. The molecule has 0 radical (unpaired) electrons. The van der Waals surface area contributed by atoms with E-state index in [1.807, 2.05) is 0 Å². The highest BCUT2D eigenvalue weighted by molar-refractivity contribution is 6.30. The largest absolute Gasteiger partial charge is 0.483 e. The standard InChI is InChI=1S/C16H14ClFO2/c1-10-6-7-12(8-15(10)18)16(19)11(2)20-14-5-3-4-13(17)9-14/h3-9,11H,1-2H3. The minimum atomic E-state index is -0.712. The maximum Gasteiger partial charge on any atom is 0.203 e. The van der Waals surface area contributed by atoms with Gasteiger partial charge in [0, 0.05) is 10.6 Å². The summed E-state index contributed by atoms with van der Waals surface area (Å²) in [5, 5.41) is 0.531. The molecule has 0 amide bonds. The van der Waals surface area contributed by atoms with Crippen molar-refractivity contribution >= 4 is 17.4 Å². The van der Waals surface area contributed by atoms with Crippen molar-refractivity contribution in [1.29, 1.82) is 0 Å². The minimum Gasteiger partial charge on any atom is -0.483 e. The van der Waals surface area contributed by atoms with Crippen LogP contribution in [0.25, 0.3) is 0 Å². The molecule has 2 aromatic rings. The zero-order valence-corrected chi connectivity index (χ0v) is 11.9. The summed E-state index contributed by atoms with van der Waals surface area (Å²) in [5.74, 6) is -0.166. The third kappa shape index (κ3) is 3.36. The SMILES string of the molecule is Cc1ccc(C(=O)C(C)Oc2cccc(Cl)c2)cc1F. The van der Waals surface area contributed by atoms with Gasteiger partial charge >= 0.3 is 0 Å². The molecule has 0 aliphatic carbocycles. The molecule has 2 aromatic carbocycles. The number of hydrogen-bond donors (Lipinski definition) is 0. The molecule has 0 saturated carbocycles. The van der Waals surface area contributed by atoms with E-state index in [9.17, 15) is 9.18 Å². The summed E-state index contributed by atoms with van der Waals surface area (Å²) < 4.78 is 19.0. The number of carbonyl (C=O) groups is 1. The van der Waals surface area contributed by atoms with Crippen LogP contribution in [0.2, 0.25) is 5.02 Å². The highest BCUT2D eigenvalue weighted by atomic mass is 35.5. The van der Waals surface area contributed by atoms with Crippen LogP contribution < -0.4 is 4.74 Å². The van der Waals surface area contributed by atoms with E-state index in [2.05, 4.69) is 0 Å². The molecule has 2 nitrogen and oxygen atoms in total. The monoisotopic (exact) mass is 292 g/mol. The maximum atomic E-state index is 13.5. The maximum absolute atomic E-state index is 13.5. The van der Waals surface area contributed by atoms with E-state index in [1.165, 1.54) is 6.07 Å². The molecular weight excluding hydrogens is 279 g/mol. The fourth-order valence-corrected chi connectivity index (χ4v) is 1.96. The third-order valence-electron chi connectivity index (χ3n) is 2.93. The summed E-state index contributed by atoms with van der Waals surface area (Å²) in [6.45, 7) is 3.27. The lowest BCUT2D eigenvalue weighted by molar-refractivity contribution is 0.0817. The van der Waals surface area contributed by atoms with E-state index in [0.29, 0.717) is 21.9 Å². The summed E-state index contributed by atoms with van der Waals surface area (Å²) in [6.07, 6.45) is -0.712. The van der Waals surface area contributed by atoms with Gasteiger partial charge in [-0.05, 0) is 43.7 Å². The number of halogens is 2. The lowest BCUT2D eigenvalue weighted by Crippen LogP contribution is -2.24. The van der Waals surface area contributed by atoms with Gasteiger partial charge in [-0.25, -0.2) is 4.39 Å². The van der Waals surface area contributed by atoms with Crippen LogP contribution in [-0.4, -0.2) is 11.9 Å². The highest BCUT2D eigenvalue weighted by Gasteiger charge is 2.18. The molecular formula is C16H14ClFO2. The number of ether oxygens (including phenoxy) is 1. The Morgan fingerprint density at radius 2 is 2.00 bits per heavy atom. The highest BCUT2D eigenvalue weighted by Crippen LogP contribution is 2.20. The number of carbonyl (C=O) groups excluding carboxylic acids is 1. The van der Waals surface area contributed by atoms with E-state index in [1.54, 1.807) is 50.2 Å². The molecule has 0 bridgehead atoms. The average Bonchev–Trinajstić information content (AvgIpc) is 2.41. The van der Waals surface area contributed by atoms with E-state index < -0.39 is 11.9 Å². The average molecular weight is 293 g/mol. The molecule has 0 aromatic heterocycles. The van der Waals surface area contributed by atoms with Crippen LogP contribution in [-0.2, 0) is 0 Å². The lowest BCUT2D eigenvalue weighted by atomic mass is 10.0. The second kappa shape index (κ2) is 6.06. The molecule has 0 saturated heterocycles. The van der Waals surface area contributed by atoms with E-state index in [0.717, 1.165) is 0 Å². The van der Waals surface area contributed by atoms with E-state index in [4.69, 9.17) is 16.3 Å². The Kier molecular flexibility index (Phi) is 4.40. The molecule has 0 fully saturated rings. The van der Waals surface area contributed by atoms with Crippen LogP contribution in [0.1, 0.15) is 22.8 Å². The third-order valence-corrected chi connectivity index (χ3v) is 3.17. The molecule has 0 aliphatic heterocycles. The number of Topliss-reactive ketones (excluding diaryl/α,β-unsaturated/α-hetero) is 1. The van der Waals surface area contributed by atoms with Crippen LogP contribution in [0.5, 0.6) is 5.75 Å². The van der Waals surface area contributed by atoms with Gasteiger partial charge in [0.25, 0.3) is 0 Å². The molecule has 0 spiro atoms. The predicted octanol–water partition coefficient (Wildman–Crippen LogP) is 4.44. The Morgan fingerprint density at radius 3 is 2.65 bits per heavy atom. The van der Waals surface area contributed by atoms with Gasteiger partial charge in [0.2, 0.25) is 5.78 Å². The fourth-order valence-electron chi connectivity index (χ4n) is 1.78. The Morgan fingerprint density at radius 1 is 1.25 bits per heavy atom. The minimum absolute atomic E-state index is 0.274. The summed E-state index contributed by atoms with van der Waals surface area (Å²) in [4.78, 5) is 12.2. The molecule has 4 heteroatoms. The van der Waals surface area contributed by atoms with Crippen molar-refractivity contribution in [2.24, 2.45) is 0 Å². The van der Waals surface area contributed by atoms with Crippen molar-refractivity contribution in [2.75, 3.05) is 0 Å². The van der Waals surface area contributed by atoms with Crippen molar-refractivity contribution < 1.29 is 13.9 Å². The Labute approximate surface area is 122 Å². The van der Waals surface area contributed by atoms with Crippen LogP contribution in [0, 0.1) is 12.7 Å². The second-order valence-electron chi connectivity index (χ2n) is 4.55. The van der Waals surface area contributed by atoms with Gasteiger partial charge in [0.05, 0.1) is 0 Å². The Balaban J connectivity index is 2.14. The fraction of sp³-hybridized carbons (Fsp3) is 0.188. The summed E-state index contributed by atoms with van der Waals surface area (Å²) >= 11 is 5.85. The van der Waals surface area contributed by atoms with Crippen molar-refractivity contribution in [1.82, 2.24) is 0 Å². The molecule has 1 unspecified atom stereocenters. The van der Waals surface area contributed by atoms with Gasteiger partial charge < -0.3 is 4.74 Å². The van der Waals surface area contributed by atoms with Crippen LogP contribution in [0.15, 0.2) is 42.5 Å². The number of rotatable bonds is 4. The quantitative estimate of drug-likeness (QED) is 0.779. The van der Waals surface area contributed by atoms with Gasteiger partial charge in [0.15, 0.2) is 6.10 Å². The molecule has 0 aliphatic rings. The second-order valence-corrected chi connectivity index (χ2v) is 4.98. The summed E-state index contributed by atoms with van der Waals surface area (Å²) in [5.41, 5.74) is 0.799. The van der Waals surface area contributed by atoms with E-state index in [-0.39, 0.29) is 5.78 Å². The Hall–Kier alpha value is -1.87. The molecule has 2 rings (SSSR count). The van der Waals surface area contributed by atoms with Crippen molar-refractivity contribution in [3.8, 4) is 5.75 Å². The van der Waals surface area contributed by atoms with Crippen molar-refractivity contribution in [3.05, 3.63) is 64.4 Å². The van der Waals surface area contributed by atoms with E-state index >= 15 is 0 Å². The van der Waals surface area contributed by atoms with Crippen LogP contribution in [0.3, 0.4) is 0 Å². The molecule has 104 valence electrons. The predicted molar refractivity (Wildman–Crippen MR) is 77.0 cm³/mol. The zero-order valence-electron chi connectivity index (χ0n) is 11.2. The summed E-state index contributed by atoms with van der Waals surface area (Å²) in [7, 11) is 0. The Bertz CT molecular complexity index is 640. The number of aryl methyl sites for hydroxylation is 1. The van der Waals surface area contributed by atoms with Gasteiger partial charge in [0.1, 0.15) is 11.6 Å². The molecule has 20 heavy (non-hydrogen) atoms. The summed E-state index contributed by atoms with van der Waals surface area (Å²) in [6, 6.07) is 11.2. The molecule has 0 heterocycles. The zero-order chi connectivity index (χ0) is 14.7. The van der Waals surface area contributed by atoms with Gasteiger partial charge in [-0.1, -0.05) is 29.8 Å².